The van der Waals surface area contributed by atoms with Gasteiger partial charge >= 0.3 is 0 Å². The molecule has 0 aliphatic carbocycles. The second-order valence-electron chi connectivity index (χ2n) is 7.70. The number of carbonyl (C=O) groups is 1. The number of aromatic nitrogens is 1. The quantitative estimate of drug-likeness (QED) is 0.748. The van der Waals surface area contributed by atoms with Crippen LogP contribution in [0.3, 0.4) is 0 Å². The van der Waals surface area contributed by atoms with Gasteiger partial charge in [-0.3, -0.25) is 9.59 Å². The van der Waals surface area contributed by atoms with Crippen molar-refractivity contribution >= 4 is 21.8 Å². The molecule has 0 spiro atoms. The van der Waals surface area contributed by atoms with Gasteiger partial charge in [0.25, 0.3) is 11.5 Å². The van der Waals surface area contributed by atoms with Crippen LogP contribution in [-0.4, -0.2) is 16.5 Å². The number of rotatable bonds is 5. The Kier molecular flexibility index (Phi) is 5.47. The van der Waals surface area contributed by atoms with Crippen molar-refractivity contribution in [2.45, 2.75) is 59.1 Å². The summed E-state index contributed by atoms with van der Waals surface area (Å²) in [5.74, 6) is 0.599. The summed E-state index contributed by atoms with van der Waals surface area (Å²) in [5.41, 5.74) is 3.61. The van der Waals surface area contributed by atoms with E-state index in [-0.39, 0.29) is 23.6 Å². The van der Waals surface area contributed by atoms with Crippen molar-refractivity contribution in [1.82, 2.24) is 10.3 Å². The number of hydrogen-bond donors (Lipinski definition) is 2. The van der Waals surface area contributed by atoms with E-state index < -0.39 is 0 Å². The van der Waals surface area contributed by atoms with E-state index in [1.807, 2.05) is 32.9 Å². The van der Waals surface area contributed by atoms with Gasteiger partial charge in [-0.05, 0) is 66.9 Å². The number of hydrogen-bond acceptors (Lipinski definition) is 3. The number of benzene rings is 1. The minimum absolute atomic E-state index is 0.135. The van der Waals surface area contributed by atoms with E-state index in [4.69, 9.17) is 4.74 Å². The Labute approximate surface area is 167 Å². The number of ether oxygens (including phenoxy) is 1. The lowest BCUT2D eigenvalue weighted by molar-refractivity contribution is 0.0950. The first-order valence-electron chi connectivity index (χ1n) is 9.21. The van der Waals surface area contributed by atoms with Crippen LogP contribution in [-0.2, 0) is 19.4 Å². The molecule has 0 saturated heterocycles. The van der Waals surface area contributed by atoms with Gasteiger partial charge in [-0.1, -0.05) is 13.3 Å². The lowest BCUT2D eigenvalue weighted by Gasteiger charge is -2.17. The molecule has 0 bridgehead atoms. The highest BCUT2D eigenvalue weighted by Gasteiger charge is 2.32. The topological polar surface area (TPSA) is 71.2 Å². The monoisotopic (exact) mass is 432 g/mol. The third kappa shape index (κ3) is 4.26. The molecule has 0 radical (unpaired) electrons. The molecule has 27 heavy (non-hydrogen) atoms. The Morgan fingerprint density at radius 1 is 1.33 bits per heavy atom. The first kappa shape index (κ1) is 19.7. The number of nitrogens with one attached hydrogen (secondary N) is 2. The number of amides is 1. The molecule has 1 amide bonds. The van der Waals surface area contributed by atoms with Gasteiger partial charge in [0.05, 0.1) is 4.47 Å². The van der Waals surface area contributed by atoms with Crippen LogP contribution in [0.2, 0.25) is 0 Å². The minimum Gasteiger partial charge on any atom is -0.486 e. The molecular formula is C21H25BrN2O3. The van der Waals surface area contributed by atoms with Crippen molar-refractivity contribution in [3.8, 4) is 5.75 Å². The van der Waals surface area contributed by atoms with Crippen molar-refractivity contribution in [2.75, 3.05) is 0 Å². The van der Waals surface area contributed by atoms with Crippen molar-refractivity contribution < 1.29 is 9.53 Å². The van der Waals surface area contributed by atoms with Gasteiger partial charge in [0, 0.05) is 35.3 Å². The van der Waals surface area contributed by atoms with E-state index in [0.29, 0.717) is 11.1 Å². The third-order valence-electron chi connectivity index (χ3n) is 4.69. The van der Waals surface area contributed by atoms with Crippen LogP contribution in [0.15, 0.2) is 27.5 Å². The minimum atomic E-state index is -0.274. The molecule has 0 unspecified atom stereocenters. The van der Waals surface area contributed by atoms with Crippen molar-refractivity contribution in [3.05, 3.63) is 61.0 Å². The van der Waals surface area contributed by atoms with Gasteiger partial charge in [-0.25, -0.2) is 0 Å². The molecule has 0 atom stereocenters. The first-order chi connectivity index (χ1) is 12.7. The van der Waals surface area contributed by atoms with Crippen molar-refractivity contribution in [2.24, 2.45) is 0 Å². The Morgan fingerprint density at radius 3 is 2.78 bits per heavy atom. The Balaban J connectivity index is 1.80. The number of aromatic amines is 1. The summed E-state index contributed by atoms with van der Waals surface area (Å²) in [6, 6.07) is 5.62. The van der Waals surface area contributed by atoms with E-state index in [1.165, 1.54) is 0 Å². The normalized spacial score (nSPS) is 14.6. The van der Waals surface area contributed by atoms with Crippen LogP contribution in [0.5, 0.6) is 5.75 Å². The lowest BCUT2D eigenvalue weighted by atomic mass is 10.00. The molecule has 2 aromatic rings. The average molecular weight is 433 g/mol. The fraction of sp³-hybridized carbons (Fsp3) is 0.429. The highest BCUT2D eigenvalue weighted by molar-refractivity contribution is 9.10. The van der Waals surface area contributed by atoms with Crippen LogP contribution in [0, 0.1) is 6.92 Å². The number of carbonyl (C=O) groups excluding carboxylic acids is 1. The fourth-order valence-corrected chi connectivity index (χ4v) is 4.12. The smallest absolute Gasteiger partial charge is 0.253 e. The molecule has 3 rings (SSSR count). The number of aryl methyl sites for hydroxylation is 2. The molecule has 0 fully saturated rings. The molecule has 1 aliphatic rings. The van der Waals surface area contributed by atoms with Gasteiger partial charge in [0.2, 0.25) is 0 Å². The Bertz CT molecular complexity index is 947. The summed E-state index contributed by atoms with van der Waals surface area (Å²) in [6.45, 7) is 8.20. The Hall–Kier alpha value is -2.08. The predicted molar refractivity (Wildman–Crippen MR) is 110 cm³/mol. The predicted octanol–water partition coefficient (Wildman–Crippen LogP) is 4.04. The number of pyridine rings is 1. The fourth-order valence-electron chi connectivity index (χ4n) is 3.54. The molecule has 2 N–H and O–H groups in total. The van der Waals surface area contributed by atoms with Crippen LogP contribution >= 0.6 is 15.9 Å². The standard InChI is InChI=1S/C21H25BrN2O3/c1-5-6-13-7-12(2)24-20(26)16(13)11-23-19(25)14-8-15-10-21(3,4)27-18(15)17(22)9-14/h7-9H,5-6,10-11H2,1-4H3,(H,23,25)(H,24,26). The molecule has 0 saturated carbocycles. The second-order valence-corrected chi connectivity index (χ2v) is 8.56. The highest BCUT2D eigenvalue weighted by Crippen LogP contribution is 2.41. The molecule has 2 heterocycles. The van der Waals surface area contributed by atoms with Crippen molar-refractivity contribution in [1.29, 1.82) is 0 Å². The maximum Gasteiger partial charge on any atom is 0.253 e. The molecule has 1 aromatic heterocycles. The molecule has 1 aromatic carbocycles. The van der Waals surface area contributed by atoms with Crippen LogP contribution in [0.25, 0.3) is 0 Å². The summed E-state index contributed by atoms with van der Waals surface area (Å²) in [5, 5.41) is 2.89. The second kappa shape index (κ2) is 7.50. The van der Waals surface area contributed by atoms with Gasteiger partial charge < -0.3 is 15.0 Å². The van der Waals surface area contributed by atoms with E-state index in [0.717, 1.165) is 46.3 Å². The molecule has 6 heteroatoms. The molecule has 144 valence electrons. The van der Waals surface area contributed by atoms with E-state index in [1.54, 1.807) is 6.07 Å². The van der Waals surface area contributed by atoms with Gasteiger partial charge in [-0.2, -0.15) is 0 Å². The van der Waals surface area contributed by atoms with Crippen LogP contribution < -0.4 is 15.6 Å². The van der Waals surface area contributed by atoms with Gasteiger partial charge in [0.1, 0.15) is 11.4 Å². The Morgan fingerprint density at radius 2 is 2.07 bits per heavy atom. The average Bonchev–Trinajstić information content (AvgIpc) is 2.88. The lowest BCUT2D eigenvalue weighted by Crippen LogP contribution is -2.28. The third-order valence-corrected chi connectivity index (χ3v) is 5.27. The summed E-state index contributed by atoms with van der Waals surface area (Å²) in [7, 11) is 0. The maximum atomic E-state index is 12.7. The van der Waals surface area contributed by atoms with Gasteiger partial charge in [-0.15, -0.1) is 0 Å². The molecule has 5 nitrogen and oxygen atoms in total. The van der Waals surface area contributed by atoms with E-state index in [9.17, 15) is 9.59 Å². The highest BCUT2D eigenvalue weighted by atomic mass is 79.9. The van der Waals surface area contributed by atoms with Crippen LogP contribution in [0.4, 0.5) is 0 Å². The molecule has 1 aliphatic heterocycles. The van der Waals surface area contributed by atoms with Gasteiger partial charge in [0.15, 0.2) is 0 Å². The zero-order chi connectivity index (χ0) is 19.8. The molecular weight excluding hydrogens is 408 g/mol. The number of halogens is 1. The number of H-pyrrole nitrogens is 1. The van der Waals surface area contributed by atoms with E-state index >= 15 is 0 Å². The summed E-state index contributed by atoms with van der Waals surface area (Å²) < 4.78 is 6.71. The number of fused-ring (bicyclic) bond motifs is 1. The van der Waals surface area contributed by atoms with E-state index in [2.05, 4.69) is 33.2 Å². The zero-order valence-corrected chi connectivity index (χ0v) is 17.7. The zero-order valence-electron chi connectivity index (χ0n) is 16.2. The van der Waals surface area contributed by atoms with Crippen molar-refractivity contribution in [3.63, 3.8) is 0 Å². The SMILES string of the molecule is CCCc1cc(C)[nH]c(=O)c1CNC(=O)c1cc(Br)c2c(c1)CC(C)(C)O2. The summed E-state index contributed by atoms with van der Waals surface area (Å²) >= 11 is 3.51. The summed E-state index contributed by atoms with van der Waals surface area (Å²) in [4.78, 5) is 27.8. The van der Waals surface area contributed by atoms with Crippen LogP contribution in [0.1, 0.15) is 59.9 Å². The summed E-state index contributed by atoms with van der Waals surface area (Å²) in [6.07, 6.45) is 2.50. The maximum absolute atomic E-state index is 12.7. The first-order valence-corrected chi connectivity index (χ1v) is 10.0. The largest absolute Gasteiger partial charge is 0.486 e.